The first kappa shape index (κ1) is 23.9. The van der Waals surface area contributed by atoms with Crippen LogP contribution in [0.3, 0.4) is 0 Å². The van der Waals surface area contributed by atoms with Gasteiger partial charge in [-0.3, -0.25) is 4.99 Å². The van der Waals surface area contributed by atoms with Crippen molar-refractivity contribution in [2.45, 2.75) is 73.6 Å². The van der Waals surface area contributed by atoms with Crippen molar-refractivity contribution in [3.63, 3.8) is 0 Å². The fraction of sp³-hybridized carbons (Fsp3) is 0.545. The first-order valence-corrected chi connectivity index (χ1v) is 9.84. The van der Waals surface area contributed by atoms with Gasteiger partial charge < -0.3 is 10.8 Å². The molecule has 1 aromatic rings. The Bertz CT molecular complexity index is 589. The van der Waals surface area contributed by atoms with E-state index in [1.54, 1.807) is 18.4 Å². The van der Waals surface area contributed by atoms with Crippen molar-refractivity contribution in [2.75, 3.05) is 6.54 Å². The van der Waals surface area contributed by atoms with Gasteiger partial charge in [-0.15, -0.1) is 0 Å². The molecule has 2 rings (SSSR count). The molecule has 4 heteroatoms. The van der Waals surface area contributed by atoms with Crippen molar-refractivity contribution in [2.24, 2.45) is 15.7 Å². The summed E-state index contributed by atoms with van der Waals surface area (Å²) in [4.78, 5) is 8.40. The van der Waals surface area contributed by atoms with E-state index in [1.165, 1.54) is 32.1 Å². The van der Waals surface area contributed by atoms with Crippen LogP contribution >= 0.6 is 0 Å². The number of nitrogens with two attached hydrogens (primary N) is 1. The van der Waals surface area contributed by atoms with Gasteiger partial charge in [0.1, 0.15) is 11.6 Å². The maximum Gasteiger partial charge on any atom is 0.125 e. The van der Waals surface area contributed by atoms with Gasteiger partial charge in [0.05, 0.1) is 18.5 Å². The van der Waals surface area contributed by atoms with Gasteiger partial charge in [-0.2, -0.15) is 0 Å². The molecule has 3 N–H and O–H groups in total. The topological polar surface area (TPSA) is 71.0 Å². The average Bonchev–Trinajstić information content (AvgIpc) is 2.82. The van der Waals surface area contributed by atoms with Crippen molar-refractivity contribution < 1.29 is 5.11 Å². The molecule has 0 radical (unpaired) electrons. The predicted molar refractivity (Wildman–Crippen MR) is 116 cm³/mol. The number of phenolic OH excluding ortho intramolecular Hbond substituents is 1. The third-order valence-electron chi connectivity index (χ3n) is 3.82. The number of aryl methyl sites for hydroxylation is 2. The van der Waals surface area contributed by atoms with Gasteiger partial charge in [-0.1, -0.05) is 65.9 Å². The van der Waals surface area contributed by atoms with Gasteiger partial charge in [0.25, 0.3) is 0 Å². The highest BCUT2D eigenvalue weighted by molar-refractivity contribution is 6.39. The number of rotatable bonds is 5. The summed E-state index contributed by atoms with van der Waals surface area (Å²) < 4.78 is 0. The summed E-state index contributed by atoms with van der Waals surface area (Å²) in [6, 6.07) is 3.73. The second kappa shape index (κ2) is 14.1. The Kier molecular flexibility index (Phi) is 13.0. The minimum Gasteiger partial charge on any atom is -0.507 e. The fourth-order valence-corrected chi connectivity index (χ4v) is 2.57. The van der Waals surface area contributed by atoms with Crippen molar-refractivity contribution in [1.82, 2.24) is 0 Å². The van der Waals surface area contributed by atoms with Crippen molar-refractivity contribution in [1.29, 1.82) is 0 Å². The normalized spacial score (nSPS) is 12.7. The molecule has 0 fully saturated rings. The van der Waals surface area contributed by atoms with E-state index in [1.807, 2.05) is 33.8 Å². The molecule has 0 spiro atoms. The molecule has 4 nitrogen and oxygen atoms in total. The number of unbranched alkanes of at least 4 members (excludes halogenated alkanes) is 4. The highest BCUT2D eigenvalue weighted by atomic mass is 16.3. The number of aliphatic imine (C=N–C) groups is 2. The molecule has 0 saturated carbocycles. The van der Waals surface area contributed by atoms with Gasteiger partial charge >= 0.3 is 0 Å². The van der Waals surface area contributed by atoms with Crippen LogP contribution in [-0.2, 0) is 0 Å². The minimum absolute atomic E-state index is 0.230. The van der Waals surface area contributed by atoms with E-state index in [0.29, 0.717) is 18.1 Å². The van der Waals surface area contributed by atoms with Gasteiger partial charge in [0, 0.05) is 5.56 Å². The lowest BCUT2D eigenvalue weighted by Crippen LogP contribution is -2.06. The van der Waals surface area contributed by atoms with Crippen LogP contribution in [0.1, 0.15) is 76.5 Å². The highest BCUT2D eigenvalue weighted by Crippen LogP contribution is 2.23. The first-order chi connectivity index (χ1) is 12.5. The zero-order chi connectivity index (χ0) is 19.9. The summed E-state index contributed by atoms with van der Waals surface area (Å²) >= 11 is 0. The van der Waals surface area contributed by atoms with E-state index in [0.717, 1.165) is 16.7 Å². The Morgan fingerprint density at radius 2 is 1.65 bits per heavy atom. The second-order valence-corrected chi connectivity index (χ2v) is 6.15. The second-order valence-electron chi connectivity index (χ2n) is 6.15. The maximum atomic E-state index is 9.99. The van der Waals surface area contributed by atoms with Crippen LogP contribution in [0.25, 0.3) is 0 Å². The molecule has 1 aliphatic heterocycles. The minimum atomic E-state index is 0.230. The fourth-order valence-electron chi connectivity index (χ4n) is 2.57. The Morgan fingerprint density at radius 1 is 1.04 bits per heavy atom. The van der Waals surface area contributed by atoms with E-state index < -0.39 is 0 Å². The van der Waals surface area contributed by atoms with Crippen LogP contribution < -0.4 is 5.73 Å². The number of benzene rings is 1. The van der Waals surface area contributed by atoms with Crippen molar-refractivity contribution in [3.8, 4) is 5.75 Å². The van der Waals surface area contributed by atoms with E-state index in [-0.39, 0.29) is 5.75 Å². The summed E-state index contributed by atoms with van der Waals surface area (Å²) in [5.74, 6) is 0.682. The molecule has 1 aliphatic rings. The molecular formula is C22H37N3O. The Balaban J connectivity index is 0.000000589. The molecule has 146 valence electrons. The molecule has 0 aliphatic carbocycles. The standard InChI is InChI=1S/C13H15N3O.C7H16.C2H6/c1-8-5-9(2)13(11(17)6-8)10-7-16-12(14)3-4-15-10;1-3-5-7-6-4-2;1-2/h3,5-7,17H,4,14H2,1-2H3;3-7H2,1-2H3;1-2H3. The Hall–Kier alpha value is -2.10. The largest absolute Gasteiger partial charge is 0.507 e. The monoisotopic (exact) mass is 359 g/mol. The summed E-state index contributed by atoms with van der Waals surface area (Å²) in [5.41, 5.74) is 8.99. The molecule has 1 aromatic carbocycles. The molecule has 1 heterocycles. The third kappa shape index (κ3) is 8.84. The lowest BCUT2D eigenvalue weighted by Gasteiger charge is -2.09. The molecule has 0 amide bonds. The number of nitrogens with zero attached hydrogens (tertiary/aromatic N) is 2. The number of hydrogen-bond donors (Lipinski definition) is 2. The lowest BCUT2D eigenvalue weighted by atomic mass is 10.0. The molecule has 0 saturated heterocycles. The van der Waals surface area contributed by atoms with Crippen LogP contribution in [0.2, 0.25) is 0 Å². The molecule has 0 unspecified atom stereocenters. The SMILES string of the molecule is CC.CCCCCCC.Cc1cc(C)c(C2=NCC=C(N)N=C2)c(O)c1. The average molecular weight is 360 g/mol. The van der Waals surface area contributed by atoms with Crippen molar-refractivity contribution in [3.05, 3.63) is 40.7 Å². The molecule has 0 aromatic heterocycles. The number of phenols is 1. The van der Waals surface area contributed by atoms with E-state index in [9.17, 15) is 5.11 Å². The molecule has 0 bridgehead atoms. The highest BCUT2D eigenvalue weighted by Gasteiger charge is 2.12. The van der Waals surface area contributed by atoms with E-state index >= 15 is 0 Å². The van der Waals surface area contributed by atoms with Gasteiger partial charge in [-0.05, 0) is 37.1 Å². The predicted octanol–water partition coefficient (Wildman–Crippen LogP) is 5.69. The van der Waals surface area contributed by atoms with Crippen molar-refractivity contribution >= 4 is 11.9 Å². The number of hydrogen-bond acceptors (Lipinski definition) is 4. The summed E-state index contributed by atoms with van der Waals surface area (Å²) in [6.07, 6.45) is 10.3. The van der Waals surface area contributed by atoms with Crippen LogP contribution in [0.5, 0.6) is 5.75 Å². The zero-order valence-corrected chi connectivity index (χ0v) is 17.5. The van der Waals surface area contributed by atoms with Gasteiger partial charge in [0.2, 0.25) is 0 Å². The van der Waals surface area contributed by atoms with Crippen LogP contribution in [0.15, 0.2) is 34.0 Å². The summed E-state index contributed by atoms with van der Waals surface area (Å²) in [6.45, 7) is 12.9. The summed E-state index contributed by atoms with van der Waals surface area (Å²) in [7, 11) is 0. The summed E-state index contributed by atoms with van der Waals surface area (Å²) in [5, 5.41) is 9.99. The molecule has 0 atom stereocenters. The van der Waals surface area contributed by atoms with E-state index in [4.69, 9.17) is 5.73 Å². The van der Waals surface area contributed by atoms with E-state index in [2.05, 4.69) is 23.8 Å². The van der Waals surface area contributed by atoms with Crippen LogP contribution in [0.4, 0.5) is 0 Å². The molecular weight excluding hydrogens is 322 g/mol. The quantitative estimate of drug-likeness (QED) is 0.663. The number of aromatic hydroxyl groups is 1. The van der Waals surface area contributed by atoms with Gasteiger partial charge in [-0.25, -0.2) is 4.99 Å². The smallest absolute Gasteiger partial charge is 0.125 e. The molecule has 26 heavy (non-hydrogen) atoms. The first-order valence-electron chi connectivity index (χ1n) is 9.84. The van der Waals surface area contributed by atoms with Crippen LogP contribution in [-0.4, -0.2) is 23.6 Å². The Labute approximate surface area is 160 Å². The van der Waals surface area contributed by atoms with Crippen LogP contribution in [0, 0.1) is 13.8 Å². The lowest BCUT2D eigenvalue weighted by molar-refractivity contribution is 0.473. The van der Waals surface area contributed by atoms with Gasteiger partial charge in [0.15, 0.2) is 0 Å². The Morgan fingerprint density at radius 3 is 2.19 bits per heavy atom. The zero-order valence-electron chi connectivity index (χ0n) is 17.5. The maximum absolute atomic E-state index is 9.99. The third-order valence-corrected chi connectivity index (χ3v) is 3.82.